The minimum Gasteiger partial charge on any atom is -1.00 e. The average Bonchev–Trinajstić information content (AvgIpc) is 2.15. The van der Waals surface area contributed by atoms with E-state index in [2.05, 4.69) is 0 Å². The molecule has 3 N–H and O–H groups in total. The molecule has 0 heterocycles. The molecule has 0 amide bonds. The van der Waals surface area contributed by atoms with Crippen LogP contribution in [0.15, 0.2) is 23.1 Å². The Bertz CT molecular complexity index is 569. The third-order valence-corrected chi connectivity index (χ3v) is 2.60. The summed E-state index contributed by atoms with van der Waals surface area (Å²) in [6.07, 6.45) is 0. The van der Waals surface area contributed by atoms with Gasteiger partial charge in [0.2, 0.25) is 0 Å². The molecule has 88 valence electrons. The number of carboxylic acid groups (broad SMARTS) is 2. The average molecular weight is 270 g/mol. The predicted molar refractivity (Wildman–Crippen MR) is 51.3 cm³/mol. The van der Waals surface area contributed by atoms with Crippen LogP contribution in [-0.2, 0) is 10.1 Å². The van der Waals surface area contributed by atoms with Crippen LogP contribution in [0.2, 0.25) is 0 Å². The summed E-state index contributed by atoms with van der Waals surface area (Å²) >= 11 is 0. The molecule has 0 aliphatic heterocycles. The predicted octanol–water partition coefficient (Wildman–Crippen LogP) is -2.55. The van der Waals surface area contributed by atoms with Gasteiger partial charge in [-0.15, -0.1) is 0 Å². The molecule has 0 aromatic heterocycles. The monoisotopic (exact) mass is 270 g/mol. The maximum atomic E-state index is 10.7. The summed E-state index contributed by atoms with van der Waals surface area (Å²) in [7, 11) is -4.56. The fourth-order valence-electron chi connectivity index (χ4n) is 1.05. The molecule has 0 atom stereocenters. The van der Waals surface area contributed by atoms with Gasteiger partial charge in [-0.3, -0.25) is 4.55 Å². The standard InChI is InChI=1S/C8H6O7S.Na.H/c9-7(10)5-2-1-4(16(13,14)15)3-6(5)8(11)12;;/h1-3H,(H,9,10)(H,11,12)(H,13,14,15);;/q;+1;-1. The van der Waals surface area contributed by atoms with E-state index in [0.717, 1.165) is 12.1 Å². The molecule has 0 aliphatic carbocycles. The van der Waals surface area contributed by atoms with E-state index >= 15 is 0 Å². The van der Waals surface area contributed by atoms with Gasteiger partial charge in [-0.1, -0.05) is 0 Å². The van der Waals surface area contributed by atoms with Crippen molar-refractivity contribution in [3.8, 4) is 0 Å². The van der Waals surface area contributed by atoms with Crippen molar-refractivity contribution in [2.45, 2.75) is 4.90 Å². The van der Waals surface area contributed by atoms with Crippen LogP contribution in [0.5, 0.6) is 0 Å². The van der Waals surface area contributed by atoms with Crippen molar-refractivity contribution in [1.29, 1.82) is 0 Å². The minimum atomic E-state index is -4.56. The molecule has 17 heavy (non-hydrogen) atoms. The second kappa shape index (κ2) is 5.61. The van der Waals surface area contributed by atoms with Crippen molar-refractivity contribution in [2.24, 2.45) is 0 Å². The van der Waals surface area contributed by atoms with E-state index < -0.39 is 38.1 Å². The van der Waals surface area contributed by atoms with Crippen LogP contribution in [0.4, 0.5) is 0 Å². The first-order valence-corrected chi connectivity index (χ1v) is 5.25. The van der Waals surface area contributed by atoms with Crippen LogP contribution in [-0.4, -0.2) is 35.1 Å². The van der Waals surface area contributed by atoms with Crippen molar-refractivity contribution in [1.82, 2.24) is 0 Å². The van der Waals surface area contributed by atoms with Crippen molar-refractivity contribution in [2.75, 3.05) is 0 Å². The first-order valence-electron chi connectivity index (χ1n) is 3.81. The van der Waals surface area contributed by atoms with Gasteiger partial charge in [-0.2, -0.15) is 8.42 Å². The number of aromatic carboxylic acids is 2. The van der Waals surface area contributed by atoms with Crippen molar-refractivity contribution in [3.63, 3.8) is 0 Å². The van der Waals surface area contributed by atoms with Crippen molar-refractivity contribution >= 4 is 22.1 Å². The summed E-state index contributed by atoms with van der Waals surface area (Å²) in [4.78, 5) is 20.6. The molecule has 0 unspecified atom stereocenters. The van der Waals surface area contributed by atoms with E-state index in [9.17, 15) is 18.0 Å². The largest absolute Gasteiger partial charge is 1.00 e. The van der Waals surface area contributed by atoms with Crippen LogP contribution in [0, 0.1) is 0 Å². The van der Waals surface area contributed by atoms with E-state index in [-0.39, 0.29) is 31.0 Å². The van der Waals surface area contributed by atoms with Gasteiger partial charge >= 0.3 is 41.5 Å². The summed E-state index contributed by atoms with van der Waals surface area (Å²) in [6, 6.07) is 2.20. The Balaban J connectivity index is 0. The van der Waals surface area contributed by atoms with Crippen LogP contribution < -0.4 is 29.6 Å². The van der Waals surface area contributed by atoms with Crippen LogP contribution in [0.1, 0.15) is 22.1 Å². The summed E-state index contributed by atoms with van der Waals surface area (Å²) in [5.74, 6) is -3.10. The Morgan fingerprint density at radius 1 is 1.06 bits per heavy atom. The molecule has 0 fully saturated rings. The van der Waals surface area contributed by atoms with Crippen LogP contribution in [0.3, 0.4) is 0 Å². The van der Waals surface area contributed by atoms with Gasteiger partial charge in [-0.25, -0.2) is 9.59 Å². The number of hydrogen-bond acceptors (Lipinski definition) is 4. The Labute approximate surface area is 120 Å². The molecule has 9 heteroatoms. The molecule has 0 bridgehead atoms. The number of benzene rings is 1. The van der Waals surface area contributed by atoms with E-state index in [4.69, 9.17) is 14.8 Å². The fourth-order valence-corrected chi connectivity index (χ4v) is 1.55. The number of carbonyl (C=O) groups is 2. The molecular formula is C8H7NaO7S. The van der Waals surface area contributed by atoms with Gasteiger partial charge in [0, 0.05) is 0 Å². The SMILES string of the molecule is O=C(O)c1ccc(S(=O)(=O)O)cc1C(=O)O.[H-].[Na+]. The number of hydrogen-bond donors (Lipinski definition) is 3. The summed E-state index contributed by atoms with van der Waals surface area (Å²) in [5, 5.41) is 17.3. The van der Waals surface area contributed by atoms with Gasteiger partial charge < -0.3 is 11.6 Å². The van der Waals surface area contributed by atoms with Gasteiger partial charge in [0.1, 0.15) is 0 Å². The molecule has 0 saturated carbocycles. The summed E-state index contributed by atoms with van der Waals surface area (Å²) < 4.78 is 30.1. The summed E-state index contributed by atoms with van der Waals surface area (Å²) in [6.45, 7) is 0. The fraction of sp³-hybridized carbons (Fsp3) is 0. The molecule has 0 radical (unpaired) electrons. The normalized spacial score (nSPS) is 10.4. The van der Waals surface area contributed by atoms with Crippen LogP contribution in [0.25, 0.3) is 0 Å². The molecule has 1 aromatic carbocycles. The van der Waals surface area contributed by atoms with Gasteiger partial charge in [0.05, 0.1) is 16.0 Å². The zero-order valence-corrected chi connectivity index (χ0v) is 11.4. The van der Waals surface area contributed by atoms with Crippen molar-refractivity contribution < 1.29 is 63.8 Å². The molecule has 1 aromatic rings. The first-order chi connectivity index (χ1) is 7.23. The Morgan fingerprint density at radius 2 is 1.53 bits per heavy atom. The molecular weight excluding hydrogens is 263 g/mol. The molecule has 1 rings (SSSR count). The Morgan fingerprint density at radius 3 is 1.88 bits per heavy atom. The van der Waals surface area contributed by atoms with Crippen molar-refractivity contribution in [3.05, 3.63) is 29.3 Å². The third kappa shape index (κ3) is 3.79. The van der Waals surface area contributed by atoms with E-state index in [0.29, 0.717) is 6.07 Å². The molecule has 0 aliphatic rings. The van der Waals surface area contributed by atoms with E-state index in [1.54, 1.807) is 0 Å². The Hall–Kier alpha value is -0.930. The van der Waals surface area contributed by atoms with E-state index in [1.165, 1.54) is 0 Å². The van der Waals surface area contributed by atoms with E-state index in [1.807, 2.05) is 0 Å². The molecule has 0 spiro atoms. The zero-order chi connectivity index (χ0) is 12.5. The van der Waals surface area contributed by atoms with Gasteiger partial charge in [0.15, 0.2) is 0 Å². The topological polar surface area (TPSA) is 129 Å². The maximum Gasteiger partial charge on any atom is 1.00 e. The first kappa shape index (κ1) is 16.1. The number of carboxylic acids is 2. The second-order valence-corrected chi connectivity index (χ2v) is 4.21. The Kier molecular flexibility index (Phi) is 5.30. The van der Waals surface area contributed by atoms with Crippen LogP contribution >= 0.6 is 0 Å². The second-order valence-electron chi connectivity index (χ2n) is 2.79. The molecule has 7 nitrogen and oxygen atoms in total. The molecule has 0 saturated heterocycles. The van der Waals surface area contributed by atoms with Gasteiger partial charge in [-0.05, 0) is 18.2 Å². The van der Waals surface area contributed by atoms with Gasteiger partial charge in [0.25, 0.3) is 10.1 Å². The minimum absolute atomic E-state index is 0. The quantitative estimate of drug-likeness (QED) is 0.407. The number of rotatable bonds is 3. The maximum absolute atomic E-state index is 10.7. The summed E-state index contributed by atoms with van der Waals surface area (Å²) in [5.41, 5.74) is -1.26. The third-order valence-electron chi connectivity index (χ3n) is 1.75. The smallest absolute Gasteiger partial charge is 1.00 e. The zero-order valence-electron chi connectivity index (χ0n) is 9.61.